The van der Waals surface area contributed by atoms with Crippen molar-refractivity contribution in [1.82, 2.24) is 0 Å². The summed E-state index contributed by atoms with van der Waals surface area (Å²) in [4.78, 5) is 11.1. The summed E-state index contributed by atoms with van der Waals surface area (Å²) in [5.41, 5.74) is 0.457. The lowest BCUT2D eigenvalue weighted by molar-refractivity contribution is -0.139. The van der Waals surface area contributed by atoms with Crippen LogP contribution in [-0.2, 0) is 9.53 Å². The predicted molar refractivity (Wildman–Crippen MR) is 49.5 cm³/mol. The lowest BCUT2D eigenvalue weighted by atomic mass is 10.2. The third-order valence-corrected chi connectivity index (χ3v) is 1.26. The second-order valence-electron chi connectivity index (χ2n) is 3.13. The first kappa shape index (κ1) is 11.2. The molecule has 2 heteroatoms. The Morgan fingerprint density at radius 3 is 2.58 bits per heavy atom. The number of esters is 1. The van der Waals surface area contributed by atoms with Crippen molar-refractivity contribution in [2.75, 3.05) is 6.61 Å². The van der Waals surface area contributed by atoms with E-state index in [4.69, 9.17) is 4.74 Å². The average molecular weight is 169 g/mol. The van der Waals surface area contributed by atoms with Crippen LogP contribution in [0.2, 0.25) is 0 Å². The van der Waals surface area contributed by atoms with Crippen LogP contribution in [0.1, 0.15) is 27.2 Å². The highest BCUT2D eigenvalue weighted by Gasteiger charge is 2.05. The van der Waals surface area contributed by atoms with E-state index in [9.17, 15) is 4.79 Å². The molecule has 0 N–H and O–H groups in total. The molecule has 0 saturated heterocycles. The van der Waals surface area contributed by atoms with Gasteiger partial charge in [-0.2, -0.15) is 0 Å². The molecule has 0 aromatic rings. The number of rotatable bonds is 4. The van der Waals surface area contributed by atoms with Gasteiger partial charge >= 0.3 is 5.97 Å². The van der Waals surface area contributed by atoms with E-state index in [0.717, 1.165) is 6.42 Å². The predicted octanol–water partition coefficient (Wildman–Crippen LogP) is 2.36. The SMILES string of the molecule is [CH2]/C(=C/CC)C(=O)OCC(C)C. The maximum Gasteiger partial charge on any atom is 0.333 e. The van der Waals surface area contributed by atoms with E-state index in [0.29, 0.717) is 18.1 Å². The highest BCUT2D eigenvalue weighted by Crippen LogP contribution is 2.00. The van der Waals surface area contributed by atoms with E-state index in [1.165, 1.54) is 0 Å². The van der Waals surface area contributed by atoms with E-state index < -0.39 is 0 Å². The monoisotopic (exact) mass is 169 g/mol. The number of hydrogen-bond acceptors (Lipinski definition) is 2. The van der Waals surface area contributed by atoms with Crippen LogP contribution in [0.25, 0.3) is 0 Å². The minimum absolute atomic E-state index is 0.300. The molecular formula is C10H17O2. The molecule has 69 valence electrons. The van der Waals surface area contributed by atoms with Crippen molar-refractivity contribution < 1.29 is 9.53 Å². The molecule has 0 heterocycles. The lowest BCUT2D eigenvalue weighted by Crippen LogP contribution is -2.10. The molecule has 0 aliphatic heterocycles. The molecule has 0 aromatic heterocycles. The van der Waals surface area contributed by atoms with Crippen LogP contribution in [0.4, 0.5) is 0 Å². The Morgan fingerprint density at radius 2 is 2.17 bits per heavy atom. The standard InChI is InChI=1S/C10H17O2/c1-5-6-9(4)10(11)12-7-8(2)3/h6,8H,4-5,7H2,1-3H3/b9-6-. The Kier molecular flexibility index (Phi) is 5.43. The maximum atomic E-state index is 11.1. The van der Waals surface area contributed by atoms with E-state index in [1.54, 1.807) is 6.08 Å². The van der Waals surface area contributed by atoms with Gasteiger partial charge in [-0.3, -0.25) is 0 Å². The molecule has 0 amide bonds. The fraction of sp³-hybridized carbons (Fsp3) is 0.600. The highest BCUT2D eigenvalue weighted by atomic mass is 16.5. The van der Waals surface area contributed by atoms with E-state index in [1.807, 2.05) is 20.8 Å². The Hall–Kier alpha value is -0.790. The van der Waals surface area contributed by atoms with Gasteiger partial charge in [0.1, 0.15) is 0 Å². The van der Waals surface area contributed by atoms with Gasteiger partial charge in [0.15, 0.2) is 0 Å². The summed E-state index contributed by atoms with van der Waals surface area (Å²) in [6, 6.07) is 0. The van der Waals surface area contributed by atoms with Crippen LogP contribution in [0.15, 0.2) is 11.6 Å². The molecule has 0 aliphatic rings. The Labute approximate surface area is 74.6 Å². The molecule has 1 radical (unpaired) electrons. The molecule has 0 saturated carbocycles. The van der Waals surface area contributed by atoms with Crippen molar-refractivity contribution in [3.8, 4) is 0 Å². The first-order valence-electron chi connectivity index (χ1n) is 4.27. The molecule has 0 bridgehead atoms. The third kappa shape index (κ3) is 4.94. The van der Waals surface area contributed by atoms with Gasteiger partial charge in [-0.1, -0.05) is 26.8 Å². The average Bonchev–Trinajstić information content (AvgIpc) is 2.00. The molecule has 12 heavy (non-hydrogen) atoms. The highest BCUT2D eigenvalue weighted by molar-refractivity contribution is 5.89. The smallest absolute Gasteiger partial charge is 0.333 e. The van der Waals surface area contributed by atoms with Gasteiger partial charge in [-0.25, -0.2) is 4.79 Å². The number of hydrogen-bond donors (Lipinski definition) is 0. The van der Waals surface area contributed by atoms with Crippen molar-refractivity contribution in [3.63, 3.8) is 0 Å². The summed E-state index contributed by atoms with van der Waals surface area (Å²) >= 11 is 0. The maximum absolute atomic E-state index is 11.1. The van der Waals surface area contributed by atoms with Gasteiger partial charge in [-0.15, -0.1) is 0 Å². The Morgan fingerprint density at radius 1 is 1.58 bits per heavy atom. The summed E-state index contributed by atoms with van der Waals surface area (Å²) in [7, 11) is 0. The van der Waals surface area contributed by atoms with Gasteiger partial charge in [0.05, 0.1) is 6.61 Å². The summed E-state index contributed by atoms with van der Waals surface area (Å²) in [6.45, 7) is 10.0. The first-order valence-corrected chi connectivity index (χ1v) is 4.27. The van der Waals surface area contributed by atoms with Gasteiger partial charge in [-0.05, 0) is 19.3 Å². The summed E-state index contributed by atoms with van der Waals surface area (Å²) in [5, 5.41) is 0. The Bertz CT molecular complexity index is 169. The van der Waals surface area contributed by atoms with Gasteiger partial charge < -0.3 is 4.74 Å². The number of ether oxygens (including phenoxy) is 1. The van der Waals surface area contributed by atoms with Crippen molar-refractivity contribution in [2.45, 2.75) is 27.2 Å². The topological polar surface area (TPSA) is 26.3 Å². The third-order valence-electron chi connectivity index (χ3n) is 1.26. The number of carbonyl (C=O) groups excluding carboxylic acids is 1. The van der Waals surface area contributed by atoms with Crippen molar-refractivity contribution >= 4 is 5.97 Å². The zero-order chi connectivity index (χ0) is 9.56. The van der Waals surface area contributed by atoms with E-state index in [2.05, 4.69) is 6.92 Å². The van der Waals surface area contributed by atoms with Crippen LogP contribution in [0, 0.1) is 12.8 Å². The summed E-state index contributed by atoms with van der Waals surface area (Å²) < 4.78 is 4.95. The quantitative estimate of drug-likeness (QED) is 0.477. The van der Waals surface area contributed by atoms with Crippen molar-refractivity contribution in [2.24, 2.45) is 5.92 Å². The first-order chi connectivity index (χ1) is 5.57. The van der Waals surface area contributed by atoms with Crippen molar-refractivity contribution in [3.05, 3.63) is 18.6 Å². The van der Waals surface area contributed by atoms with Gasteiger partial charge in [0.25, 0.3) is 0 Å². The fourth-order valence-electron chi connectivity index (χ4n) is 0.665. The normalized spacial score (nSPS) is 11.9. The molecule has 0 unspecified atom stereocenters. The van der Waals surface area contributed by atoms with Gasteiger partial charge in [0, 0.05) is 5.57 Å². The van der Waals surface area contributed by atoms with Crippen LogP contribution in [0.5, 0.6) is 0 Å². The zero-order valence-electron chi connectivity index (χ0n) is 8.09. The van der Waals surface area contributed by atoms with Crippen LogP contribution >= 0.6 is 0 Å². The molecule has 0 aliphatic carbocycles. The minimum atomic E-state index is -0.300. The molecule has 0 rings (SSSR count). The number of allylic oxidation sites excluding steroid dienone is 1. The zero-order valence-corrected chi connectivity index (χ0v) is 8.09. The van der Waals surface area contributed by atoms with Crippen LogP contribution < -0.4 is 0 Å². The summed E-state index contributed by atoms with van der Waals surface area (Å²) in [6.07, 6.45) is 2.58. The molecular weight excluding hydrogens is 152 g/mol. The molecule has 0 atom stereocenters. The molecule has 0 fully saturated rings. The van der Waals surface area contributed by atoms with E-state index >= 15 is 0 Å². The minimum Gasteiger partial charge on any atom is -0.462 e. The second kappa shape index (κ2) is 5.81. The second-order valence-corrected chi connectivity index (χ2v) is 3.13. The fourth-order valence-corrected chi connectivity index (χ4v) is 0.665. The van der Waals surface area contributed by atoms with E-state index in [-0.39, 0.29) is 5.97 Å². The largest absolute Gasteiger partial charge is 0.462 e. The lowest BCUT2D eigenvalue weighted by Gasteiger charge is -2.06. The molecule has 2 nitrogen and oxygen atoms in total. The number of carbonyl (C=O) groups is 1. The molecule has 0 spiro atoms. The van der Waals surface area contributed by atoms with Gasteiger partial charge in [0.2, 0.25) is 0 Å². The van der Waals surface area contributed by atoms with Crippen molar-refractivity contribution in [1.29, 1.82) is 0 Å². The molecule has 0 aromatic carbocycles. The Balaban J connectivity index is 3.80. The summed E-state index contributed by atoms with van der Waals surface area (Å²) in [5.74, 6) is 0.0777. The van der Waals surface area contributed by atoms with Crippen LogP contribution in [0.3, 0.4) is 0 Å². The van der Waals surface area contributed by atoms with Crippen LogP contribution in [-0.4, -0.2) is 12.6 Å².